The molecule has 1 amide bonds. The number of benzene rings is 3. The number of hydrogen-bond donors (Lipinski definition) is 1. The van der Waals surface area contributed by atoms with Gasteiger partial charge in [-0.05, 0) is 60.4 Å². The zero-order valence-electron chi connectivity index (χ0n) is 17.7. The van der Waals surface area contributed by atoms with Gasteiger partial charge < -0.3 is 10.1 Å². The number of nitrogens with one attached hydrogen (secondary N) is 1. The zero-order chi connectivity index (χ0) is 22.4. The molecule has 1 N–H and O–H groups in total. The minimum Gasteiger partial charge on any atom is -0.489 e. The predicted molar refractivity (Wildman–Crippen MR) is 123 cm³/mol. The van der Waals surface area contributed by atoms with Crippen LogP contribution in [0.2, 0.25) is 0 Å². The first-order valence-corrected chi connectivity index (χ1v) is 12.1. The molecule has 0 bridgehead atoms. The van der Waals surface area contributed by atoms with Crippen LogP contribution in [-0.2, 0) is 23.2 Å². The summed E-state index contributed by atoms with van der Waals surface area (Å²) in [5, 5.41) is 2.88. The molecule has 1 saturated heterocycles. The van der Waals surface area contributed by atoms with Gasteiger partial charge in [-0.15, -0.1) is 0 Å². The molecule has 0 spiro atoms. The van der Waals surface area contributed by atoms with Crippen molar-refractivity contribution in [3.8, 4) is 5.75 Å². The van der Waals surface area contributed by atoms with Gasteiger partial charge in [-0.25, -0.2) is 8.42 Å². The van der Waals surface area contributed by atoms with Crippen molar-refractivity contribution in [1.82, 2.24) is 9.62 Å². The SMILES string of the molecule is O=C(NCc1cccc(OCc2ccccc2)c1)c1ccc(S(=O)(=O)N2CCCC2)cc1. The first kappa shape index (κ1) is 22.0. The van der Waals surface area contributed by atoms with Crippen molar-refractivity contribution in [2.75, 3.05) is 13.1 Å². The van der Waals surface area contributed by atoms with Crippen LogP contribution >= 0.6 is 0 Å². The van der Waals surface area contributed by atoms with E-state index in [2.05, 4.69) is 5.32 Å². The third kappa shape index (κ3) is 5.36. The molecule has 1 fully saturated rings. The van der Waals surface area contributed by atoms with Crippen molar-refractivity contribution in [3.05, 3.63) is 95.6 Å². The Morgan fingerprint density at radius 2 is 1.56 bits per heavy atom. The van der Waals surface area contributed by atoms with Gasteiger partial charge in [-0.1, -0.05) is 42.5 Å². The molecule has 1 aliphatic rings. The molecule has 0 aromatic heterocycles. The molecule has 166 valence electrons. The van der Waals surface area contributed by atoms with E-state index in [1.165, 1.54) is 16.4 Å². The third-order valence-electron chi connectivity index (χ3n) is 5.42. The average Bonchev–Trinajstić information content (AvgIpc) is 3.38. The number of carbonyl (C=O) groups is 1. The highest BCUT2D eigenvalue weighted by molar-refractivity contribution is 7.89. The molecule has 1 heterocycles. The smallest absolute Gasteiger partial charge is 0.251 e. The van der Waals surface area contributed by atoms with Crippen LogP contribution in [-0.4, -0.2) is 31.7 Å². The second kappa shape index (κ2) is 9.97. The Morgan fingerprint density at radius 3 is 2.28 bits per heavy atom. The number of carbonyl (C=O) groups excluding carboxylic acids is 1. The molecule has 0 unspecified atom stereocenters. The van der Waals surface area contributed by atoms with Crippen LogP contribution in [0.3, 0.4) is 0 Å². The summed E-state index contributed by atoms with van der Waals surface area (Å²) in [6.45, 7) is 1.93. The highest BCUT2D eigenvalue weighted by Crippen LogP contribution is 2.21. The summed E-state index contributed by atoms with van der Waals surface area (Å²) in [6.07, 6.45) is 1.77. The van der Waals surface area contributed by atoms with Crippen molar-refractivity contribution in [3.63, 3.8) is 0 Å². The van der Waals surface area contributed by atoms with E-state index < -0.39 is 10.0 Å². The summed E-state index contributed by atoms with van der Waals surface area (Å²) < 4.78 is 32.6. The summed E-state index contributed by atoms with van der Waals surface area (Å²) >= 11 is 0. The Labute approximate surface area is 188 Å². The zero-order valence-corrected chi connectivity index (χ0v) is 18.6. The lowest BCUT2D eigenvalue weighted by Crippen LogP contribution is -2.28. The Bertz CT molecular complexity index is 1160. The van der Waals surface area contributed by atoms with Gasteiger partial charge in [0.15, 0.2) is 0 Å². The minimum atomic E-state index is -3.48. The molecular formula is C25H26N2O4S. The van der Waals surface area contributed by atoms with E-state index in [1.807, 2.05) is 54.6 Å². The quantitative estimate of drug-likeness (QED) is 0.563. The maximum atomic E-state index is 12.6. The van der Waals surface area contributed by atoms with E-state index in [9.17, 15) is 13.2 Å². The normalized spacial score (nSPS) is 14.2. The van der Waals surface area contributed by atoms with Gasteiger partial charge in [-0.2, -0.15) is 4.31 Å². The molecule has 1 aliphatic heterocycles. The molecule has 0 aliphatic carbocycles. The fourth-order valence-electron chi connectivity index (χ4n) is 3.63. The number of amides is 1. The second-order valence-electron chi connectivity index (χ2n) is 7.74. The summed E-state index contributed by atoms with van der Waals surface area (Å²) in [5.74, 6) is 0.475. The summed E-state index contributed by atoms with van der Waals surface area (Å²) in [6, 6.07) is 23.6. The monoisotopic (exact) mass is 450 g/mol. The van der Waals surface area contributed by atoms with Crippen LogP contribution in [0, 0.1) is 0 Å². The molecule has 3 aromatic rings. The number of rotatable bonds is 8. The molecule has 7 heteroatoms. The fraction of sp³-hybridized carbons (Fsp3) is 0.240. The molecule has 0 saturated carbocycles. The van der Waals surface area contributed by atoms with E-state index >= 15 is 0 Å². The number of sulfonamides is 1. The Morgan fingerprint density at radius 1 is 0.875 bits per heavy atom. The van der Waals surface area contributed by atoms with Crippen LogP contribution in [0.15, 0.2) is 83.8 Å². The van der Waals surface area contributed by atoms with Crippen molar-refractivity contribution >= 4 is 15.9 Å². The average molecular weight is 451 g/mol. The lowest BCUT2D eigenvalue weighted by Gasteiger charge is -2.15. The standard InChI is InChI=1S/C25H26N2O4S/c28-25(22-11-13-24(14-12-22)32(29,30)27-15-4-5-16-27)26-18-21-9-6-10-23(17-21)31-19-20-7-2-1-3-8-20/h1-3,6-14,17H,4-5,15-16,18-19H2,(H,26,28). The Hall–Kier alpha value is -3.16. The first-order valence-electron chi connectivity index (χ1n) is 10.7. The second-order valence-corrected chi connectivity index (χ2v) is 9.68. The molecule has 3 aromatic carbocycles. The van der Waals surface area contributed by atoms with Gasteiger partial charge in [0.05, 0.1) is 4.90 Å². The van der Waals surface area contributed by atoms with Crippen molar-refractivity contribution < 1.29 is 17.9 Å². The van der Waals surface area contributed by atoms with Crippen molar-refractivity contribution in [1.29, 1.82) is 0 Å². The van der Waals surface area contributed by atoms with Gasteiger partial charge in [0.1, 0.15) is 12.4 Å². The minimum absolute atomic E-state index is 0.221. The van der Waals surface area contributed by atoms with E-state index in [0.29, 0.717) is 31.8 Å². The molecule has 6 nitrogen and oxygen atoms in total. The van der Waals surface area contributed by atoms with Crippen LogP contribution in [0.4, 0.5) is 0 Å². The van der Waals surface area contributed by atoms with Gasteiger partial charge in [0, 0.05) is 25.2 Å². The summed E-state index contributed by atoms with van der Waals surface area (Å²) in [5.41, 5.74) is 2.42. The highest BCUT2D eigenvalue weighted by Gasteiger charge is 2.27. The first-order chi connectivity index (χ1) is 15.5. The fourth-order valence-corrected chi connectivity index (χ4v) is 5.14. The molecule has 32 heavy (non-hydrogen) atoms. The highest BCUT2D eigenvalue weighted by atomic mass is 32.2. The van der Waals surface area contributed by atoms with Crippen molar-refractivity contribution in [2.45, 2.75) is 30.9 Å². The number of ether oxygens (including phenoxy) is 1. The van der Waals surface area contributed by atoms with Gasteiger partial charge in [0.25, 0.3) is 5.91 Å². The molecular weight excluding hydrogens is 424 g/mol. The maximum absolute atomic E-state index is 12.6. The summed E-state index contributed by atoms with van der Waals surface area (Å²) in [4.78, 5) is 12.8. The Balaban J connectivity index is 1.33. The van der Waals surface area contributed by atoms with E-state index in [0.717, 1.165) is 29.7 Å². The van der Waals surface area contributed by atoms with Gasteiger partial charge in [-0.3, -0.25) is 4.79 Å². The molecule has 4 rings (SSSR count). The summed E-state index contributed by atoms with van der Waals surface area (Å²) in [7, 11) is -3.48. The third-order valence-corrected chi connectivity index (χ3v) is 7.33. The number of nitrogens with zero attached hydrogens (tertiary/aromatic N) is 1. The predicted octanol–water partition coefficient (Wildman–Crippen LogP) is 3.98. The largest absolute Gasteiger partial charge is 0.489 e. The van der Waals surface area contributed by atoms with Gasteiger partial charge in [0.2, 0.25) is 10.0 Å². The van der Waals surface area contributed by atoms with Gasteiger partial charge >= 0.3 is 0 Å². The van der Waals surface area contributed by atoms with E-state index in [-0.39, 0.29) is 10.8 Å². The molecule has 0 atom stereocenters. The Kier molecular flexibility index (Phi) is 6.87. The van der Waals surface area contributed by atoms with Crippen molar-refractivity contribution in [2.24, 2.45) is 0 Å². The molecule has 0 radical (unpaired) electrons. The lowest BCUT2D eigenvalue weighted by molar-refractivity contribution is 0.0950. The number of hydrogen-bond acceptors (Lipinski definition) is 4. The van der Waals surface area contributed by atoms with Crippen LogP contribution in [0.1, 0.15) is 34.3 Å². The lowest BCUT2D eigenvalue weighted by atomic mass is 10.2. The van der Waals surface area contributed by atoms with Crippen LogP contribution in [0.5, 0.6) is 5.75 Å². The maximum Gasteiger partial charge on any atom is 0.251 e. The topological polar surface area (TPSA) is 75.7 Å². The van der Waals surface area contributed by atoms with Crippen LogP contribution in [0.25, 0.3) is 0 Å². The van der Waals surface area contributed by atoms with E-state index in [1.54, 1.807) is 12.1 Å². The van der Waals surface area contributed by atoms with Crippen LogP contribution < -0.4 is 10.1 Å². The van der Waals surface area contributed by atoms with E-state index in [4.69, 9.17) is 4.74 Å².